The number of hydrogen-bond donors (Lipinski definition) is 1. The molecule has 0 saturated heterocycles. The van der Waals surface area contributed by atoms with Crippen LogP contribution in [0.2, 0.25) is 0 Å². The number of hydrogen-bond acceptors (Lipinski definition) is 5. The molecule has 0 aliphatic carbocycles. The Morgan fingerprint density at radius 2 is 2.16 bits per heavy atom. The van der Waals surface area contributed by atoms with Crippen molar-refractivity contribution in [2.75, 3.05) is 5.32 Å². The summed E-state index contributed by atoms with van der Waals surface area (Å²) < 4.78 is 0. The lowest BCUT2D eigenvalue weighted by molar-refractivity contribution is -0.384. The SMILES string of the molecule is Cc1nc(NC(=O)c2cccc([N+](=O)[O-])c2)sc1C. The minimum absolute atomic E-state index is 0.112. The highest BCUT2D eigenvalue weighted by atomic mass is 32.1. The molecule has 0 fully saturated rings. The highest BCUT2D eigenvalue weighted by Crippen LogP contribution is 2.22. The molecule has 2 aromatic rings. The van der Waals surface area contributed by atoms with Crippen molar-refractivity contribution in [3.05, 3.63) is 50.5 Å². The number of amides is 1. The van der Waals surface area contributed by atoms with E-state index in [1.54, 1.807) is 0 Å². The zero-order chi connectivity index (χ0) is 14.0. The number of nitro groups is 1. The Morgan fingerprint density at radius 1 is 1.42 bits per heavy atom. The molecule has 0 aliphatic heterocycles. The van der Waals surface area contributed by atoms with Gasteiger partial charge in [0.2, 0.25) is 0 Å². The molecule has 6 nitrogen and oxygen atoms in total. The first-order valence-corrected chi connectivity index (χ1v) is 6.29. The summed E-state index contributed by atoms with van der Waals surface area (Å²) in [5.41, 5.74) is 0.984. The summed E-state index contributed by atoms with van der Waals surface area (Å²) in [5, 5.41) is 13.8. The van der Waals surface area contributed by atoms with Gasteiger partial charge in [-0.05, 0) is 19.9 Å². The maximum Gasteiger partial charge on any atom is 0.270 e. The largest absolute Gasteiger partial charge is 0.298 e. The molecule has 0 unspecified atom stereocenters. The van der Waals surface area contributed by atoms with E-state index in [0.29, 0.717) is 5.13 Å². The van der Waals surface area contributed by atoms with Crippen LogP contribution in [0.5, 0.6) is 0 Å². The molecular weight excluding hydrogens is 266 g/mol. The number of aromatic nitrogens is 1. The van der Waals surface area contributed by atoms with E-state index in [4.69, 9.17) is 0 Å². The molecule has 0 spiro atoms. The zero-order valence-electron chi connectivity index (χ0n) is 10.3. The van der Waals surface area contributed by atoms with Crippen LogP contribution in [0.4, 0.5) is 10.8 Å². The van der Waals surface area contributed by atoms with Crippen LogP contribution in [0.3, 0.4) is 0 Å². The van der Waals surface area contributed by atoms with E-state index in [1.807, 2.05) is 13.8 Å². The van der Waals surface area contributed by atoms with E-state index in [-0.39, 0.29) is 11.3 Å². The molecule has 0 atom stereocenters. The third-order valence-corrected chi connectivity index (χ3v) is 3.56. The van der Waals surface area contributed by atoms with E-state index in [0.717, 1.165) is 10.6 Å². The number of thiazole rings is 1. The van der Waals surface area contributed by atoms with Crippen molar-refractivity contribution >= 4 is 28.1 Å². The first-order chi connectivity index (χ1) is 8.97. The number of rotatable bonds is 3. The van der Waals surface area contributed by atoms with Gasteiger partial charge in [0.25, 0.3) is 11.6 Å². The summed E-state index contributed by atoms with van der Waals surface area (Å²) in [6.07, 6.45) is 0. The molecule has 1 aromatic carbocycles. The highest BCUT2D eigenvalue weighted by Gasteiger charge is 2.13. The Hall–Kier alpha value is -2.28. The summed E-state index contributed by atoms with van der Waals surface area (Å²) >= 11 is 1.37. The minimum atomic E-state index is -0.533. The van der Waals surface area contributed by atoms with Gasteiger partial charge >= 0.3 is 0 Å². The monoisotopic (exact) mass is 277 g/mol. The van der Waals surface area contributed by atoms with Crippen LogP contribution in [-0.2, 0) is 0 Å². The lowest BCUT2D eigenvalue weighted by Crippen LogP contribution is -2.11. The fourth-order valence-electron chi connectivity index (χ4n) is 1.46. The topological polar surface area (TPSA) is 85.1 Å². The second-order valence-corrected chi connectivity index (χ2v) is 5.13. The van der Waals surface area contributed by atoms with Gasteiger partial charge in [0, 0.05) is 22.6 Å². The number of nitrogens with zero attached hydrogens (tertiary/aromatic N) is 2. The summed E-state index contributed by atoms with van der Waals surface area (Å²) in [5.74, 6) is -0.405. The molecule has 0 bridgehead atoms. The Morgan fingerprint density at radius 3 is 2.74 bits per heavy atom. The minimum Gasteiger partial charge on any atom is -0.298 e. The quantitative estimate of drug-likeness (QED) is 0.690. The predicted octanol–water partition coefficient (Wildman–Crippen LogP) is 2.92. The maximum atomic E-state index is 11.9. The van der Waals surface area contributed by atoms with Gasteiger partial charge in [-0.1, -0.05) is 6.07 Å². The normalized spacial score (nSPS) is 10.2. The van der Waals surface area contributed by atoms with Gasteiger partial charge in [-0.3, -0.25) is 20.2 Å². The fourth-order valence-corrected chi connectivity index (χ4v) is 2.27. The molecular formula is C12H11N3O3S. The van der Waals surface area contributed by atoms with Crippen LogP contribution < -0.4 is 5.32 Å². The van der Waals surface area contributed by atoms with E-state index >= 15 is 0 Å². The number of nitro benzene ring substituents is 1. The Labute approximate surface area is 113 Å². The van der Waals surface area contributed by atoms with Crippen molar-refractivity contribution in [1.82, 2.24) is 4.98 Å². The molecule has 19 heavy (non-hydrogen) atoms. The molecule has 0 aliphatic rings. The Bertz CT molecular complexity index is 632. The average Bonchev–Trinajstić information content (AvgIpc) is 2.68. The van der Waals surface area contributed by atoms with Gasteiger partial charge in [-0.2, -0.15) is 0 Å². The van der Waals surface area contributed by atoms with Crippen molar-refractivity contribution in [3.8, 4) is 0 Å². The number of anilines is 1. The van der Waals surface area contributed by atoms with E-state index in [2.05, 4.69) is 10.3 Å². The van der Waals surface area contributed by atoms with Crippen molar-refractivity contribution in [2.45, 2.75) is 13.8 Å². The maximum absolute atomic E-state index is 11.9. The Balaban J connectivity index is 2.20. The summed E-state index contributed by atoms with van der Waals surface area (Å²) in [7, 11) is 0. The van der Waals surface area contributed by atoms with Gasteiger partial charge in [-0.25, -0.2) is 4.98 Å². The summed E-state index contributed by atoms with van der Waals surface area (Å²) in [6, 6.07) is 5.58. The first kappa shape index (κ1) is 13.2. The van der Waals surface area contributed by atoms with Gasteiger partial charge in [0.15, 0.2) is 5.13 Å². The number of benzene rings is 1. The van der Waals surface area contributed by atoms with Crippen LogP contribution in [-0.4, -0.2) is 15.8 Å². The molecule has 7 heteroatoms. The number of carbonyl (C=O) groups is 1. The van der Waals surface area contributed by atoms with Crippen LogP contribution in [0.25, 0.3) is 0 Å². The van der Waals surface area contributed by atoms with Crippen LogP contribution in [0.15, 0.2) is 24.3 Å². The molecule has 2 rings (SSSR count). The molecule has 1 amide bonds. The number of aryl methyl sites for hydroxylation is 2. The van der Waals surface area contributed by atoms with Gasteiger partial charge in [0.1, 0.15) is 0 Å². The lowest BCUT2D eigenvalue weighted by Gasteiger charge is -2.01. The van der Waals surface area contributed by atoms with Gasteiger partial charge < -0.3 is 0 Å². The van der Waals surface area contributed by atoms with Gasteiger partial charge in [0.05, 0.1) is 10.6 Å². The van der Waals surface area contributed by atoms with Crippen molar-refractivity contribution in [2.24, 2.45) is 0 Å². The van der Waals surface area contributed by atoms with E-state index in [9.17, 15) is 14.9 Å². The second kappa shape index (κ2) is 5.15. The molecule has 1 N–H and O–H groups in total. The molecule has 0 saturated carbocycles. The molecule has 1 aromatic heterocycles. The van der Waals surface area contributed by atoms with Gasteiger partial charge in [-0.15, -0.1) is 11.3 Å². The predicted molar refractivity (Wildman–Crippen MR) is 72.6 cm³/mol. The lowest BCUT2D eigenvalue weighted by atomic mass is 10.2. The molecule has 1 heterocycles. The average molecular weight is 277 g/mol. The third kappa shape index (κ3) is 2.94. The van der Waals surface area contributed by atoms with Crippen LogP contribution in [0.1, 0.15) is 20.9 Å². The van der Waals surface area contributed by atoms with Crippen molar-refractivity contribution in [1.29, 1.82) is 0 Å². The first-order valence-electron chi connectivity index (χ1n) is 5.47. The van der Waals surface area contributed by atoms with Crippen LogP contribution in [0, 0.1) is 24.0 Å². The van der Waals surface area contributed by atoms with Crippen molar-refractivity contribution < 1.29 is 9.72 Å². The standard InChI is InChI=1S/C12H11N3O3S/c1-7-8(2)19-12(13-7)14-11(16)9-4-3-5-10(6-9)15(17)18/h3-6H,1-2H3,(H,13,14,16). The Kier molecular flexibility index (Phi) is 3.57. The highest BCUT2D eigenvalue weighted by molar-refractivity contribution is 7.15. The summed E-state index contributed by atoms with van der Waals surface area (Å²) in [6.45, 7) is 3.77. The number of nitrogens with one attached hydrogen (secondary N) is 1. The zero-order valence-corrected chi connectivity index (χ0v) is 11.2. The summed E-state index contributed by atoms with van der Waals surface area (Å²) in [4.78, 5) is 27.3. The number of carbonyl (C=O) groups excluding carboxylic acids is 1. The van der Waals surface area contributed by atoms with E-state index < -0.39 is 10.8 Å². The molecule has 98 valence electrons. The van der Waals surface area contributed by atoms with Crippen LogP contribution >= 0.6 is 11.3 Å². The second-order valence-electron chi connectivity index (χ2n) is 3.92. The number of non-ortho nitro benzene ring substituents is 1. The third-order valence-electron chi connectivity index (χ3n) is 2.57. The van der Waals surface area contributed by atoms with E-state index in [1.165, 1.54) is 35.6 Å². The van der Waals surface area contributed by atoms with Crippen molar-refractivity contribution in [3.63, 3.8) is 0 Å². The fraction of sp³-hybridized carbons (Fsp3) is 0.167. The smallest absolute Gasteiger partial charge is 0.270 e. The molecule has 0 radical (unpaired) electrons.